The lowest BCUT2D eigenvalue weighted by Gasteiger charge is -2.03. The molecule has 0 spiro atoms. The minimum atomic E-state index is -0.0682. The third-order valence-electron chi connectivity index (χ3n) is 2.77. The van der Waals surface area contributed by atoms with Crippen LogP contribution in [0.25, 0.3) is 5.65 Å². The lowest BCUT2D eigenvalue weighted by molar-refractivity contribution is 0.511. The summed E-state index contributed by atoms with van der Waals surface area (Å²) in [6.45, 7) is 2.66. The summed E-state index contributed by atoms with van der Waals surface area (Å²) in [6.07, 6.45) is 4.69. The van der Waals surface area contributed by atoms with Crippen LogP contribution in [0.4, 0.5) is 0 Å². The average Bonchev–Trinajstić information content (AvgIpc) is 2.63. The van der Waals surface area contributed by atoms with Gasteiger partial charge in [-0.25, -0.2) is 9.48 Å². The van der Waals surface area contributed by atoms with Crippen LogP contribution < -0.4 is 11.4 Å². The molecule has 0 aliphatic rings. The number of pyridine rings is 1. The van der Waals surface area contributed by atoms with Crippen LogP contribution in [0.5, 0.6) is 0 Å². The second kappa shape index (κ2) is 5.14. The molecule has 92 valence electrons. The summed E-state index contributed by atoms with van der Waals surface area (Å²) in [5, 5.41) is 4.26. The van der Waals surface area contributed by atoms with Gasteiger partial charge >= 0.3 is 5.69 Å². The molecule has 0 saturated carbocycles. The minimum absolute atomic E-state index is 0.0682. The SMILES string of the molecule is CC(N)CCCCn1nc2ccccn2c1=O. The number of hydrogen-bond acceptors (Lipinski definition) is 3. The van der Waals surface area contributed by atoms with Crippen molar-refractivity contribution in [2.24, 2.45) is 5.73 Å². The molecular formula is C12H18N4O. The molecule has 0 aromatic carbocycles. The third-order valence-corrected chi connectivity index (χ3v) is 2.77. The number of aryl methyl sites for hydroxylation is 1. The number of aromatic nitrogens is 3. The Morgan fingerprint density at radius 1 is 1.41 bits per heavy atom. The zero-order chi connectivity index (χ0) is 12.3. The maximum Gasteiger partial charge on any atom is 0.350 e. The summed E-state index contributed by atoms with van der Waals surface area (Å²) in [7, 11) is 0. The van der Waals surface area contributed by atoms with E-state index in [-0.39, 0.29) is 11.7 Å². The normalized spacial score (nSPS) is 13.1. The van der Waals surface area contributed by atoms with Gasteiger partial charge in [-0.2, -0.15) is 0 Å². The molecule has 0 saturated heterocycles. The Balaban J connectivity index is 2.04. The Labute approximate surface area is 99.9 Å². The van der Waals surface area contributed by atoms with Crippen molar-refractivity contribution in [1.82, 2.24) is 14.2 Å². The number of hydrogen-bond donors (Lipinski definition) is 1. The van der Waals surface area contributed by atoms with Crippen molar-refractivity contribution in [3.05, 3.63) is 34.9 Å². The number of unbranched alkanes of at least 4 members (excludes halogenated alkanes) is 1. The highest BCUT2D eigenvalue weighted by Gasteiger charge is 2.05. The second-order valence-corrected chi connectivity index (χ2v) is 4.41. The van der Waals surface area contributed by atoms with Crippen LogP contribution in [0.15, 0.2) is 29.2 Å². The quantitative estimate of drug-likeness (QED) is 0.785. The molecule has 2 rings (SSSR count). The fourth-order valence-electron chi connectivity index (χ4n) is 1.84. The summed E-state index contributed by atoms with van der Waals surface area (Å²) >= 11 is 0. The van der Waals surface area contributed by atoms with E-state index in [1.54, 1.807) is 10.6 Å². The van der Waals surface area contributed by atoms with E-state index >= 15 is 0 Å². The van der Waals surface area contributed by atoms with Crippen LogP contribution in [0, 0.1) is 0 Å². The van der Waals surface area contributed by atoms with Crippen LogP contribution in [0.3, 0.4) is 0 Å². The van der Waals surface area contributed by atoms with E-state index in [1.165, 1.54) is 4.68 Å². The fourth-order valence-corrected chi connectivity index (χ4v) is 1.84. The van der Waals surface area contributed by atoms with E-state index in [9.17, 15) is 4.79 Å². The average molecular weight is 234 g/mol. The molecule has 0 bridgehead atoms. The molecule has 17 heavy (non-hydrogen) atoms. The van der Waals surface area contributed by atoms with Crippen molar-refractivity contribution < 1.29 is 0 Å². The van der Waals surface area contributed by atoms with Crippen LogP contribution in [-0.4, -0.2) is 20.2 Å². The Morgan fingerprint density at radius 3 is 2.94 bits per heavy atom. The van der Waals surface area contributed by atoms with Gasteiger partial charge in [0.1, 0.15) is 0 Å². The summed E-state index contributed by atoms with van der Waals surface area (Å²) < 4.78 is 3.09. The molecule has 2 N–H and O–H groups in total. The Kier molecular flexibility index (Phi) is 3.58. The lowest BCUT2D eigenvalue weighted by atomic mass is 10.1. The molecular weight excluding hydrogens is 216 g/mol. The molecule has 0 aliphatic heterocycles. The summed E-state index contributed by atoms with van der Waals surface area (Å²) in [5.41, 5.74) is 6.31. The maximum absolute atomic E-state index is 11.9. The topological polar surface area (TPSA) is 65.3 Å². The molecule has 1 unspecified atom stereocenters. The van der Waals surface area contributed by atoms with Gasteiger partial charge in [-0.15, -0.1) is 5.10 Å². The summed E-state index contributed by atoms with van der Waals surface area (Å²) in [5.74, 6) is 0. The van der Waals surface area contributed by atoms with Gasteiger partial charge < -0.3 is 5.73 Å². The molecule has 5 heteroatoms. The van der Waals surface area contributed by atoms with E-state index in [2.05, 4.69) is 5.10 Å². The van der Waals surface area contributed by atoms with Crippen LogP contribution >= 0.6 is 0 Å². The van der Waals surface area contributed by atoms with Crippen molar-refractivity contribution in [2.75, 3.05) is 0 Å². The third kappa shape index (κ3) is 2.74. The van der Waals surface area contributed by atoms with Crippen LogP contribution in [0.2, 0.25) is 0 Å². The van der Waals surface area contributed by atoms with Crippen LogP contribution in [-0.2, 0) is 6.54 Å². The first-order valence-electron chi connectivity index (χ1n) is 5.98. The molecule has 0 radical (unpaired) electrons. The van der Waals surface area contributed by atoms with Gasteiger partial charge in [-0.3, -0.25) is 4.40 Å². The largest absolute Gasteiger partial charge is 0.350 e. The highest BCUT2D eigenvalue weighted by molar-refractivity contribution is 5.35. The Morgan fingerprint density at radius 2 is 2.24 bits per heavy atom. The van der Waals surface area contributed by atoms with Gasteiger partial charge in [-0.05, 0) is 31.9 Å². The molecule has 2 aromatic heterocycles. The molecule has 2 heterocycles. The lowest BCUT2D eigenvalue weighted by Crippen LogP contribution is -2.21. The van der Waals surface area contributed by atoms with Crippen molar-refractivity contribution in [3.8, 4) is 0 Å². The van der Waals surface area contributed by atoms with E-state index in [4.69, 9.17) is 5.73 Å². The number of nitrogens with two attached hydrogens (primary N) is 1. The fraction of sp³-hybridized carbons (Fsp3) is 0.500. The zero-order valence-electron chi connectivity index (χ0n) is 10.0. The first-order chi connectivity index (χ1) is 8.18. The minimum Gasteiger partial charge on any atom is -0.328 e. The van der Waals surface area contributed by atoms with Gasteiger partial charge in [0.25, 0.3) is 0 Å². The first-order valence-corrected chi connectivity index (χ1v) is 5.98. The van der Waals surface area contributed by atoms with Gasteiger partial charge in [0.05, 0.1) is 0 Å². The van der Waals surface area contributed by atoms with E-state index in [0.29, 0.717) is 12.2 Å². The van der Waals surface area contributed by atoms with Crippen molar-refractivity contribution in [3.63, 3.8) is 0 Å². The zero-order valence-corrected chi connectivity index (χ0v) is 10.0. The molecule has 1 atom stereocenters. The summed E-state index contributed by atoms with van der Waals surface area (Å²) in [4.78, 5) is 11.9. The maximum atomic E-state index is 11.9. The molecule has 5 nitrogen and oxygen atoms in total. The van der Waals surface area contributed by atoms with Gasteiger partial charge in [-0.1, -0.05) is 12.5 Å². The highest BCUT2D eigenvalue weighted by atomic mass is 16.2. The smallest absolute Gasteiger partial charge is 0.328 e. The molecule has 0 fully saturated rings. The van der Waals surface area contributed by atoms with Crippen molar-refractivity contribution in [2.45, 2.75) is 38.8 Å². The van der Waals surface area contributed by atoms with Crippen molar-refractivity contribution in [1.29, 1.82) is 0 Å². The predicted molar refractivity (Wildman–Crippen MR) is 67.0 cm³/mol. The highest BCUT2D eigenvalue weighted by Crippen LogP contribution is 2.01. The van der Waals surface area contributed by atoms with Crippen molar-refractivity contribution >= 4 is 5.65 Å². The van der Waals surface area contributed by atoms with E-state index in [1.807, 2.05) is 25.1 Å². The van der Waals surface area contributed by atoms with Crippen LogP contribution in [0.1, 0.15) is 26.2 Å². The molecule has 2 aromatic rings. The standard InChI is InChI=1S/C12H18N4O/c1-10(13)6-2-5-9-16-12(17)15-8-4-3-7-11(15)14-16/h3-4,7-8,10H,2,5-6,9,13H2,1H3. The monoisotopic (exact) mass is 234 g/mol. The number of rotatable bonds is 5. The van der Waals surface area contributed by atoms with E-state index in [0.717, 1.165) is 19.3 Å². The van der Waals surface area contributed by atoms with E-state index < -0.39 is 0 Å². The Bertz CT molecular complexity index is 541. The number of fused-ring (bicyclic) bond motifs is 1. The second-order valence-electron chi connectivity index (χ2n) is 4.41. The Hall–Kier alpha value is -1.62. The van der Waals surface area contributed by atoms with Gasteiger partial charge in [0.15, 0.2) is 5.65 Å². The summed E-state index contributed by atoms with van der Waals surface area (Å²) in [6, 6.07) is 5.77. The molecule has 0 amide bonds. The van der Waals surface area contributed by atoms with Gasteiger partial charge in [0.2, 0.25) is 0 Å². The molecule has 0 aliphatic carbocycles. The number of nitrogens with zero attached hydrogens (tertiary/aromatic N) is 3. The predicted octanol–water partition coefficient (Wildman–Crippen LogP) is 1.01. The first kappa shape index (κ1) is 11.9. The van der Waals surface area contributed by atoms with Gasteiger partial charge in [0, 0.05) is 18.8 Å².